The van der Waals surface area contributed by atoms with Gasteiger partial charge in [0.05, 0.1) is 5.69 Å². The van der Waals surface area contributed by atoms with Crippen LogP contribution in [-0.2, 0) is 6.54 Å². The molecule has 1 aromatic carbocycles. The van der Waals surface area contributed by atoms with Gasteiger partial charge in [0.1, 0.15) is 5.56 Å². The molecule has 0 fully saturated rings. The summed E-state index contributed by atoms with van der Waals surface area (Å²) >= 11 is 5.02. The van der Waals surface area contributed by atoms with Gasteiger partial charge in [-0.25, -0.2) is 0 Å². The average molecular weight is 315 g/mol. The molecule has 114 valence electrons. The number of aromatic nitrogens is 2. The summed E-state index contributed by atoms with van der Waals surface area (Å²) in [6, 6.07) is 5.86. The zero-order chi connectivity index (χ0) is 16.3. The number of H-pyrrole nitrogens is 1. The number of rotatable bonds is 4. The molecule has 0 spiro atoms. The Bertz CT molecular complexity index is 863. The Morgan fingerprint density at radius 3 is 2.86 bits per heavy atom. The summed E-state index contributed by atoms with van der Waals surface area (Å²) < 4.78 is 1.53. The molecule has 0 aliphatic rings. The molecule has 1 aromatic heterocycles. The van der Waals surface area contributed by atoms with Crippen molar-refractivity contribution >= 4 is 24.1 Å². The van der Waals surface area contributed by atoms with Crippen molar-refractivity contribution in [3.63, 3.8) is 0 Å². The minimum Gasteiger partial charge on any atom is -0.494 e. The second kappa shape index (κ2) is 6.53. The van der Waals surface area contributed by atoms with Crippen LogP contribution in [0.3, 0.4) is 0 Å². The van der Waals surface area contributed by atoms with E-state index in [1.807, 2.05) is 32.0 Å². The zero-order valence-electron chi connectivity index (χ0n) is 12.5. The van der Waals surface area contributed by atoms with E-state index in [0.29, 0.717) is 6.54 Å². The molecule has 0 aliphatic carbocycles. The fourth-order valence-electron chi connectivity index (χ4n) is 1.98. The highest BCUT2D eigenvalue weighted by Crippen LogP contribution is 2.20. The van der Waals surface area contributed by atoms with Gasteiger partial charge >= 0.3 is 0 Å². The number of nitrogens with one attached hydrogen (secondary N) is 1. The lowest BCUT2D eigenvalue weighted by Crippen LogP contribution is -2.18. The number of aromatic amines is 1. The highest BCUT2D eigenvalue weighted by atomic mass is 32.1. The fourth-order valence-corrected chi connectivity index (χ4v) is 2.24. The van der Waals surface area contributed by atoms with Gasteiger partial charge in [-0.15, -0.1) is 6.58 Å². The first-order valence-corrected chi connectivity index (χ1v) is 7.13. The number of nitrogens with zero attached hydrogens (tertiary/aromatic N) is 2. The molecule has 0 atom stereocenters. The quantitative estimate of drug-likeness (QED) is 0.517. The Hall–Kier alpha value is -2.47. The largest absolute Gasteiger partial charge is 0.494 e. The predicted molar refractivity (Wildman–Crippen MR) is 90.9 cm³/mol. The predicted octanol–water partition coefficient (Wildman–Crippen LogP) is 3.16. The molecule has 0 radical (unpaired) electrons. The Kier molecular flexibility index (Phi) is 4.72. The summed E-state index contributed by atoms with van der Waals surface area (Å²) in [5.41, 5.74) is 2.39. The first-order valence-electron chi connectivity index (χ1n) is 6.72. The molecule has 2 rings (SSSR count). The van der Waals surface area contributed by atoms with E-state index in [1.165, 1.54) is 10.8 Å². The van der Waals surface area contributed by atoms with Crippen LogP contribution in [0.25, 0.3) is 0 Å². The van der Waals surface area contributed by atoms with Gasteiger partial charge in [-0.2, -0.15) is 0 Å². The minimum atomic E-state index is -0.475. The number of hydrogen-bond donors (Lipinski definition) is 2. The van der Waals surface area contributed by atoms with Crippen LogP contribution in [-0.4, -0.2) is 20.9 Å². The third-order valence-electron chi connectivity index (χ3n) is 3.22. The molecule has 0 saturated carbocycles. The summed E-state index contributed by atoms with van der Waals surface area (Å²) in [5.74, 6) is -0.220. The highest BCUT2D eigenvalue weighted by Gasteiger charge is 2.10. The summed E-state index contributed by atoms with van der Waals surface area (Å²) in [5, 5.41) is 10.2. The van der Waals surface area contributed by atoms with Gasteiger partial charge in [-0.3, -0.25) is 19.3 Å². The standard InChI is InChI=1S/C16H17N3O2S/c1-4-7-19-15(21)12(14(20)18-16(19)22)9-17-13-8-10(2)5-6-11(13)3/h4-6,8-9,21H,1,7H2,2-3H3,(H,18,20,22). The number of allylic oxidation sites excluding steroid dienone is 1. The zero-order valence-corrected chi connectivity index (χ0v) is 13.3. The molecule has 22 heavy (non-hydrogen) atoms. The van der Waals surface area contributed by atoms with E-state index in [9.17, 15) is 9.90 Å². The van der Waals surface area contributed by atoms with E-state index in [-0.39, 0.29) is 16.2 Å². The Labute approximate surface area is 133 Å². The summed E-state index contributed by atoms with van der Waals surface area (Å²) in [6.07, 6.45) is 2.93. The van der Waals surface area contributed by atoms with Gasteiger partial charge < -0.3 is 5.11 Å². The lowest BCUT2D eigenvalue weighted by Gasteiger charge is -2.08. The smallest absolute Gasteiger partial charge is 0.264 e. The van der Waals surface area contributed by atoms with Crippen molar-refractivity contribution in [3.05, 3.63) is 62.7 Å². The van der Waals surface area contributed by atoms with E-state index in [4.69, 9.17) is 12.2 Å². The molecular formula is C16H17N3O2S. The fraction of sp³-hybridized carbons (Fsp3) is 0.188. The third-order valence-corrected chi connectivity index (χ3v) is 3.54. The van der Waals surface area contributed by atoms with Crippen molar-refractivity contribution in [2.75, 3.05) is 0 Å². The van der Waals surface area contributed by atoms with Crippen LogP contribution in [0.5, 0.6) is 5.88 Å². The van der Waals surface area contributed by atoms with Crippen molar-refractivity contribution in [2.45, 2.75) is 20.4 Å². The van der Waals surface area contributed by atoms with Crippen LogP contribution < -0.4 is 5.56 Å². The van der Waals surface area contributed by atoms with E-state index >= 15 is 0 Å². The number of hydrogen-bond acceptors (Lipinski definition) is 4. The molecule has 0 bridgehead atoms. The maximum absolute atomic E-state index is 12.0. The SMILES string of the molecule is C=CCn1c(O)c(C=Nc2cc(C)ccc2C)c(=O)[nH]c1=S. The van der Waals surface area contributed by atoms with Crippen LogP contribution in [0.2, 0.25) is 0 Å². The molecule has 0 amide bonds. The van der Waals surface area contributed by atoms with Crippen molar-refractivity contribution in [1.82, 2.24) is 9.55 Å². The van der Waals surface area contributed by atoms with Gasteiger partial charge in [0.25, 0.3) is 5.56 Å². The molecule has 0 aliphatic heterocycles. The van der Waals surface area contributed by atoms with Gasteiger partial charge in [0.2, 0.25) is 5.88 Å². The van der Waals surface area contributed by atoms with Gasteiger partial charge in [0.15, 0.2) is 4.77 Å². The van der Waals surface area contributed by atoms with Gasteiger partial charge in [0, 0.05) is 12.8 Å². The number of aliphatic imine (C=N–C) groups is 1. The summed E-state index contributed by atoms with van der Waals surface area (Å²) in [7, 11) is 0. The number of aromatic hydroxyl groups is 1. The second-order valence-electron chi connectivity index (χ2n) is 4.94. The highest BCUT2D eigenvalue weighted by molar-refractivity contribution is 7.71. The first-order chi connectivity index (χ1) is 10.4. The average Bonchev–Trinajstić information content (AvgIpc) is 2.46. The summed E-state index contributed by atoms with van der Waals surface area (Å²) in [6.45, 7) is 7.79. The molecule has 0 unspecified atom stereocenters. The van der Waals surface area contributed by atoms with Crippen LogP contribution in [0.15, 0.2) is 40.6 Å². The third kappa shape index (κ3) is 3.23. The second-order valence-corrected chi connectivity index (χ2v) is 5.33. The Morgan fingerprint density at radius 2 is 2.18 bits per heavy atom. The maximum atomic E-state index is 12.0. The van der Waals surface area contributed by atoms with Crippen LogP contribution in [0, 0.1) is 18.6 Å². The van der Waals surface area contributed by atoms with Gasteiger partial charge in [-0.05, 0) is 43.3 Å². The molecule has 2 aromatic rings. The van der Waals surface area contributed by atoms with Crippen LogP contribution >= 0.6 is 12.2 Å². The normalized spacial score (nSPS) is 11.0. The van der Waals surface area contributed by atoms with E-state index < -0.39 is 5.56 Å². The van der Waals surface area contributed by atoms with Crippen molar-refractivity contribution < 1.29 is 5.11 Å². The molecule has 0 saturated heterocycles. The number of benzene rings is 1. The lowest BCUT2D eigenvalue weighted by molar-refractivity contribution is 0.413. The van der Waals surface area contributed by atoms with Gasteiger partial charge in [-0.1, -0.05) is 18.2 Å². The molecule has 1 heterocycles. The molecule has 6 heteroatoms. The monoisotopic (exact) mass is 315 g/mol. The van der Waals surface area contributed by atoms with Crippen molar-refractivity contribution in [3.8, 4) is 5.88 Å². The topological polar surface area (TPSA) is 70.4 Å². The minimum absolute atomic E-state index is 0.0661. The molecule has 5 nitrogen and oxygen atoms in total. The maximum Gasteiger partial charge on any atom is 0.264 e. The molecular weight excluding hydrogens is 298 g/mol. The molecule has 2 N–H and O–H groups in total. The van der Waals surface area contributed by atoms with Crippen molar-refractivity contribution in [1.29, 1.82) is 0 Å². The lowest BCUT2D eigenvalue weighted by atomic mass is 10.1. The van der Waals surface area contributed by atoms with Crippen LogP contribution in [0.1, 0.15) is 16.7 Å². The Morgan fingerprint density at radius 1 is 1.45 bits per heavy atom. The van der Waals surface area contributed by atoms with Crippen LogP contribution in [0.4, 0.5) is 5.69 Å². The van der Waals surface area contributed by atoms with E-state index in [0.717, 1.165) is 16.8 Å². The van der Waals surface area contributed by atoms with E-state index in [2.05, 4.69) is 16.6 Å². The summed E-state index contributed by atoms with van der Waals surface area (Å²) in [4.78, 5) is 18.8. The Balaban J connectivity index is 2.54. The number of aryl methyl sites for hydroxylation is 2. The first kappa shape index (κ1) is 15.9. The van der Waals surface area contributed by atoms with E-state index in [1.54, 1.807) is 6.08 Å². The van der Waals surface area contributed by atoms with Crippen molar-refractivity contribution in [2.24, 2.45) is 4.99 Å².